The maximum atomic E-state index is 13.9. The predicted octanol–water partition coefficient (Wildman–Crippen LogP) is 4.78. The molecule has 12 nitrogen and oxygen atoms in total. The molecule has 1 amide bonds. The number of carbonyl (C=O) groups excluding carboxylic acids is 1. The van der Waals surface area contributed by atoms with Crippen molar-refractivity contribution >= 4 is 32.9 Å². The van der Waals surface area contributed by atoms with E-state index in [9.17, 15) is 13.2 Å². The number of carbonyl (C=O) groups is 1. The van der Waals surface area contributed by atoms with Crippen molar-refractivity contribution in [1.82, 2.24) is 34.3 Å². The van der Waals surface area contributed by atoms with Crippen LogP contribution in [0.1, 0.15) is 60.4 Å². The Hall–Kier alpha value is -4.75. The van der Waals surface area contributed by atoms with Crippen molar-refractivity contribution < 1.29 is 17.9 Å². The minimum absolute atomic E-state index is 0.0569. The fraction of sp³-hybridized carbons (Fsp3) is 0.333. The molecule has 0 fully saturated rings. The second kappa shape index (κ2) is 12.9. The van der Waals surface area contributed by atoms with Gasteiger partial charge in [-0.2, -0.15) is 4.31 Å². The maximum Gasteiger partial charge on any atom is 0.248 e. The molecule has 0 bridgehead atoms. The Morgan fingerprint density at radius 2 is 1.83 bits per heavy atom. The summed E-state index contributed by atoms with van der Waals surface area (Å²) < 4.78 is 37.1. The summed E-state index contributed by atoms with van der Waals surface area (Å²) in [7, 11) is -3.90. The highest BCUT2D eigenvalue weighted by molar-refractivity contribution is 7.89. The fourth-order valence-corrected chi connectivity index (χ4v) is 7.40. The normalized spacial score (nSPS) is 16.7. The number of hydrogen-bond donors (Lipinski definition) is 1. The number of ether oxygens (including phenoxy) is 1. The van der Waals surface area contributed by atoms with Gasteiger partial charge in [-0.25, -0.2) is 28.1 Å². The molecular formula is C33H36N8O4S. The molecule has 0 aliphatic carbocycles. The summed E-state index contributed by atoms with van der Waals surface area (Å²) in [6.45, 7) is 8.93. The molecule has 3 aromatic heterocycles. The lowest BCUT2D eigenvalue weighted by atomic mass is 9.84. The Morgan fingerprint density at radius 3 is 2.59 bits per heavy atom. The standard InChI is InChI=1S/C33H36N8O4S/c1-5-25-20-40(46(43,44)29-9-7-14-34-32(29)45-25)19-24-17-23(11-10-21(24)3)27(18-30(42)37-33-35-15-8-16-36-33)26-12-13-28-31(22(26)4)38-39-41(28)6-2/h7-17,25,27H,5-6,18-20H2,1-4H3,(H,35,36,37,42)/t25-,27?/m1/s1. The van der Waals surface area contributed by atoms with Gasteiger partial charge in [-0.15, -0.1) is 5.10 Å². The molecule has 0 saturated heterocycles. The number of aromatic nitrogens is 6. The molecule has 1 N–H and O–H groups in total. The van der Waals surface area contributed by atoms with Gasteiger partial charge in [0.2, 0.25) is 27.8 Å². The van der Waals surface area contributed by atoms with E-state index in [2.05, 4.69) is 30.6 Å². The second-order valence-electron chi connectivity index (χ2n) is 11.4. The third-order valence-corrected chi connectivity index (χ3v) is 10.3. The zero-order valence-electron chi connectivity index (χ0n) is 26.2. The monoisotopic (exact) mass is 640 g/mol. The number of aryl methyl sites for hydroxylation is 3. The summed E-state index contributed by atoms with van der Waals surface area (Å²) in [4.78, 5) is 26.0. The van der Waals surface area contributed by atoms with Crippen LogP contribution in [0.2, 0.25) is 0 Å². The summed E-state index contributed by atoms with van der Waals surface area (Å²) in [6, 6.07) is 14.8. The average Bonchev–Trinajstić information content (AvgIpc) is 3.45. The third kappa shape index (κ3) is 6.07. The van der Waals surface area contributed by atoms with Crippen LogP contribution in [0.5, 0.6) is 5.88 Å². The highest BCUT2D eigenvalue weighted by Crippen LogP contribution is 2.36. The molecule has 2 aromatic carbocycles. The van der Waals surface area contributed by atoms with Gasteiger partial charge < -0.3 is 4.74 Å². The molecule has 0 radical (unpaired) electrons. The Bertz CT molecular complexity index is 2000. The molecule has 13 heteroatoms. The van der Waals surface area contributed by atoms with Crippen LogP contribution in [-0.2, 0) is 27.9 Å². The van der Waals surface area contributed by atoms with Gasteiger partial charge in [0.05, 0.1) is 12.1 Å². The maximum absolute atomic E-state index is 13.9. The van der Waals surface area contributed by atoms with Crippen molar-refractivity contribution in [3.63, 3.8) is 0 Å². The van der Waals surface area contributed by atoms with E-state index in [0.29, 0.717) is 13.0 Å². The fourth-order valence-electron chi connectivity index (χ4n) is 5.88. The molecule has 4 heterocycles. The van der Waals surface area contributed by atoms with Crippen LogP contribution in [0.15, 0.2) is 72.0 Å². The minimum atomic E-state index is -3.90. The molecule has 1 unspecified atom stereocenters. The summed E-state index contributed by atoms with van der Waals surface area (Å²) in [6.07, 6.45) is 5.04. The van der Waals surface area contributed by atoms with E-state index >= 15 is 0 Å². The van der Waals surface area contributed by atoms with E-state index < -0.39 is 10.0 Å². The van der Waals surface area contributed by atoms with Gasteiger partial charge in [-0.05, 0) is 79.3 Å². The van der Waals surface area contributed by atoms with E-state index in [0.717, 1.165) is 38.9 Å². The van der Waals surface area contributed by atoms with Crippen molar-refractivity contribution in [3.05, 3.63) is 94.9 Å². The number of benzene rings is 2. The Balaban J connectivity index is 1.40. The zero-order valence-corrected chi connectivity index (χ0v) is 27.0. The first-order valence-corrected chi connectivity index (χ1v) is 16.7. The Labute approximate surface area is 267 Å². The van der Waals surface area contributed by atoms with Crippen LogP contribution in [0, 0.1) is 13.8 Å². The molecule has 46 heavy (non-hydrogen) atoms. The summed E-state index contributed by atoms with van der Waals surface area (Å²) in [5.41, 5.74) is 6.18. The molecule has 2 atom stereocenters. The average molecular weight is 641 g/mol. The van der Waals surface area contributed by atoms with Gasteiger partial charge in [0.1, 0.15) is 16.5 Å². The lowest BCUT2D eigenvalue weighted by Crippen LogP contribution is -2.36. The van der Waals surface area contributed by atoms with Crippen LogP contribution >= 0.6 is 0 Å². The Morgan fingerprint density at radius 1 is 1.04 bits per heavy atom. The summed E-state index contributed by atoms with van der Waals surface area (Å²) in [5, 5.41) is 11.6. The summed E-state index contributed by atoms with van der Waals surface area (Å²) in [5.74, 6) is -0.279. The zero-order chi connectivity index (χ0) is 32.4. The van der Waals surface area contributed by atoms with Crippen molar-refractivity contribution in [3.8, 4) is 5.88 Å². The SMILES string of the molecule is CC[C@@H]1CN(Cc2cc(C(CC(=O)Nc3ncccn3)c3ccc4c(nnn4CC)c3C)ccc2C)S(=O)(=O)c2cccnc2O1. The van der Waals surface area contributed by atoms with E-state index in [1.54, 1.807) is 24.5 Å². The second-order valence-corrected chi connectivity index (χ2v) is 13.3. The number of hydrogen-bond acceptors (Lipinski definition) is 9. The van der Waals surface area contributed by atoms with Crippen LogP contribution < -0.4 is 10.1 Å². The number of nitrogens with zero attached hydrogens (tertiary/aromatic N) is 7. The van der Waals surface area contributed by atoms with Gasteiger partial charge in [0, 0.05) is 44.0 Å². The van der Waals surface area contributed by atoms with Crippen LogP contribution in [0.4, 0.5) is 5.95 Å². The topological polar surface area (TPSA) is 145 Å². The van der Waals surface area contributed by atoms with Gasteiger partial charge in [0.15, 0.2) is 0 Å². The first-order chi connectivity index (χ1) is 22.2. The first kappa shape index (κ1) is 31.2. The number of rotatable bonds is 9. The van der Waals surface area contributed by atoms with Gasteiger partial charge in [-0.3, -0.25) is 10.1 Å². The largest absolute Gasteiger partial charge is 0.472 e. The van der Waals surface area contributed by atoms with Crippen LogP contribution in [-0.4, -0.2) is 61.2 Å². The van der Waals surface area contributed by atoms with Gasteiger partial charge in [-0.1, -0.05) is 36.4 Å². The lowest BCUT2D eigenvalue weighted by molar-refractivity contribution is -0.116. The number of anilines is 1. The van der Waals surface area contributed by atoms with Crippen molar-refractivity contribution in [2.24, 2.45) is 0 Å². The number of nitrogens with one attached hydrogen (secondary N) is 1. The molecule has 238 valence electrons. The molecule has 5 aromatic rings. The highest BCUT2D eigenvalue weighted by atomic mass is 32.2. The van der Waals surface area contributed by atoms with Crippen LogP contribution in [0.3, 0.4) is 0 Å². The molecular weight excluding hydrogens is 604 g/mol. The van der Waals surface area contributed by atoms with E-state index in [1.165, 1.54) is 16.6 Å². The van der Waals surface area contributed by atoms with E-state index in [1.807, 2.05) is 62.7 Å². The van der Waals surface area contributed by atoms with Gasteiger partial charge in [0.25, 0.3) is 0 Å². The molecule has 6 rings (SSSR count). The van der Waals surface area contributed by atoms with E-state index in [4.69, 9.17) is 4.74 Å². The van der Waals surface area contributed by atoms with Crippen LogP contribution in [0.25, 0.3) is 11.0 Å². The molecule has 0 saturated carbocycles. The highest BCUT2D eigenvalue weighted by Gasteiger charge is 2.35. The number of fused-ring (bicyclic) bond motifs is 2. The molecule has 1 aliphatic rings. The third-order valence-electron chi connectivity index (χ3n) is 8.48. The quantitative estimate of drug-likeness (QED) is 0.241. The minimum Gasteiger partial charge on any atom is -0.472 e. The molecule has 1 aliphatic heterocycles. The number of pyridine rings is 1. The van der Waals surface area contributed by atoms with E-state index in [-0.39, 0.29) is 54.2 Å². The number of amides is 1. The smallest absolute Gasteiger partial charge is 0.248 e. The van der Waals surface area contributed by atoms with Gasteiger partial charge >= 0.3 is 0 Å². The van der Waals surface area contributed by atoms with Crippen molar-refractivity contribution in [2.75, 3.05) is 11.9 Å². The Kier molecular flexibility index (Phi) is 8.78. The first-order valence-electron chi connectivity index (χ1n) is 15.3. The van der Waals surface area contributed by atoms with Crippen molar-refractivity contribution in [2.45, 2.75) is 70.5 Å². The lowest BCUT2D eigenvalue weighted by Gasteiger charge is -2.25. The summed E-state index contributed by atoms with van der Waals surface area (Å²) >= 11 is 0. The molecule has 0 spiro atoms. The van der Waals surface area contributed by atoms with Crippen molar-refractivity contribution in [1.29, 1.82) is 0 Å². The predicted molar refractivity (Wildman–Crippen MR) is 173 cm³/mol. The number of sulfonamides is 1.